The Balaban J connectivity index is 0.000000582. The average molecular weight is 503 g/mol. The number of halogens is 6. The molecule has 180 valence electrons. The molecule has 0 atom stereocenters. The number of sulfonamides is 2. The van der Waals surface area contributed by atoms with Crippen LogP contribution in [0.4, 0.5) is 26.3 Å². The fraction of sp³-hybridized carbons (Fsp3) is 0.571. The molecule has 0 spiro atoms. The summed E-state index contributed by atoms with van der Waals surface area (Å²) >= 11 is 0. The summed E-state index contributed by atoms with van der Waals surface area (Å²) in [5, 5.41) is 0. The van der Waals surface area contributed by atoms with Crippen LogP contribution in [0.1, 0.15) is 19.8 Å². The number of ether oxygens (including phenoxy) is 1. The van der Waals surface area contributed by atoms with Crippen LogP contribution in [0, 0.1) is 0 Å². The molecule has 0 unspecified atom stereocenters. The lowest BCUT2D eigenvalue weighted by Crippen LogP contribution is -2.30. The third-order valence-electron chi connectivity index (χ3n) is 3.06. The number of rotatable bonds is 9. The number of aryl methyl sites for hydroxylation is 1. The average Bonchev–Trinajstić information content (AvgIpc) is 3.05. The SMILES string of the molecule is C=CC(=O)OCCn1cc[n+](CCCC)c1.O=S(=O)([N-]S(=O)(=O)C(F)(F)F)C(F)(F)F. The number of hydrogen-bond donors (Lipinski definition) is 0. The Labute approximate surface area is 174 Å². The zero-order chi connectivity index (χ0) is 24.5. The van der Waals surface area contributed by atoms with E-state index in [9.17, 15) is 48.0 Å². The standard InChI is InChI=1S/C12H19N2O2.C2F6NO4S2/c1-3-5-6-13-7-8-14(11-13)9-10-16-12(15)4-2;3-1(4,5)14(10,11)9-15(12,13)2(6,7)8/h4,7-8,11H,2-3,5-6,9-10H2,1H3;/q+1;-1. The Kier molecular flexibility index (Phi) is 10.7. The molecular formula is C14H19F6N3O6S2. The van der Waals surface area contributed by atoms with E-state index >= 15 is 0 Å². The van der Waals surface area contributed by atoms with Gasteiger partial charge >= 0.3 is 17.0 Å². The number of esters is 1. The summed E-state index contributed by atoms with van der Waals surface area (Å²) in [6.45, 7) is 7.61. The molecule has 0 aliphatic rings. The molecule has 0 amide bonds. The summed E-state index contributed by atoms with van der Waals surface area (Å²) in [6, 6.07) is 0. The second kappa shape index (κ2) is 11.5. The Bertz CT molecular complexity index is 896. The molecule has 0 aromatic carbocycles. The molecule has 17 heteroatoms. The van der Waals surface area contributed by atoms with Crippen molar-refractivity contribution in [1.29, 1.82) is 0 Å². The van der Waals surface area contributed by atoms with Gasteiger partial charge in [-0.25, -0.2) is 30.8 Å². The molecule has 0 radical (unpaired) electrons. The van der Waals surface area contributed by atoms with E-state index in [1.165, 1.54) is 18.9 Å². The van der Waals surface area contributed by atoms with Gasteiger partial charge in [-0.15, -0.1) is 0 Å². The van der Waals surface area contributed by atoms with E-state index in [1.807, 2.05) is 23.3 Å². The normalized spacial score (nSPS) is 12.6. The Morgan fingerprint density at radius 2 is 1.65 bits per heavy atom. The van der Waals surface area contributed by atoms with Crippen molar-refractivity contribution in [2.75, 3.05) is 6.61 Å². The molecule has 31 heavy (non-hydrogen) atoms. The van der Waals surface area contributed by atoms with Gasteiger partial charge in [-0.1, -0.05) is 19.9 Å². The molecule has 0 aliphatic heterocycles. The molecule has 0 saturated heterocycles. The van der Waals surface area contributed by atoms with Gasteiger partial charge in [-0.2, -0.15) is 26.3 Å². The molecule has 0 aliphatic carbocycles. The van der Waals surface area contributed by atoms with Crippen LogP contribution >= 0.6 is 0 Å². The largest absolute Gasteiger partial charge is 0.480 e. The molecule has 1 aromatic heterocycles. The second-order valence-corrected chi connectivity index (χ2v) is 8.95. The van der Waals surface area contributed by atoms with Crippen LogP contribution in [0.2, 0.25) is 0 Å². The van der Waals surface area contributed by atoms with Crippen molar-refractivity contribution in [2.45, 2.75) is 43.9 Å². The Morgan fingerprint density at radius 3 is 2.06 bits per heavy atom. The highest BCUT2D eigenvalue weighted by molar-refractivity contribution is 8.13. The van der Waals surface area contributed by atoms with Gasteiger partial charge in [0.15, 0.2) is 20.0 Å². The quantitative estimate of drug-likeness (QED) is 0.221. The molecular weight excluding hydrogens is 484 g/mol. The van der Waals surface area contributed by atoms with Crippen LogP contribution in [-0.2, 0) is 42.7 Å². The summed E-state index contributed by atoms with van der Waals surface area (Å²) in [7, 11) is -13.4. The van der Waals surface area contributed by atoms with E-state index in [-0.39, 0.29) is 5.97 Å². The van der Waals surface area contributed by atoms with Crippen LogP contribution in [0.25, 0.3) is 4.13 Å². The summed E-state index contributed by atoms with van der Waals surface area (Å²) < 4.78 is 118. The van der Waals surface area contributed by atoms with Crippen LogP contribution in [0.15, 0.2) is 31.4 Å². The number of hydrogen-bond acceptors (Lipinski definition) is 6. The fourth-order valence-electron chi connectivity index (χ4n) is 1.57. The number of imidazole rings is 1. The minimum absolute atomic E-state index is 0.369. The molecule has 0 saturated carbocycles. The number of carbonyl (C=O) groups is 1. The molecule has 0 fully saturated rings. The van der Waals surface area contributed by atoms with Gasteiger partial charge in [-0.05, 0) is 6.42 Å². The lowest BCUT2D eigenvalue weighted by Gasteiger charge is -2.22. The number of nitrogens with zero attached hydrogens (tertiary/aromatic N) is 3. The van der Waals surface area contributed by atoms with Crippen LogP contribution in [-0.4, -0.2) is 45.0 Å². The van der Waals surface area contributed by atoms with Crippen molar-refractivity contribution >= 4 is 26.0 Å². The highest BCUT2D eigenvalue weighted by Crippen LogP contribution is 2.36. The summed E-state index contributed by atoms with van der Waals surface area (Å²) in [4.78, 5) is 10.8. The zero-order valence-corrected chi connectivity index (χ0v) is 17.6. The molecule has 1 aromatic rings. The van der Waals surface area contributed by atoms with Crippen molar-refractivity contribution < 1.29 is 57.3 Å². The van der Waals surface area contributed by atoms with E-state index in [4.69, 9.17) is 4.74 Å². The first-order valence-electron chi connectivity index (χ1n) is 8.17. The molecule has 0 N–H and O–H groups in total. The number of unbranched alkanes of at least 4 members (excludes halogenated alkanes) is 1. The van der Waals surface area contributed by atoms with E-state index in [0.717, 1.165) is 10.7 Å². The van der Waals surface area contributed by atoms with E-state index in [1.54, 1.807) is 0 Å². The predicted octanol–water partition coefficient (Wildman–Crippen LogP) is 2.36. The molecule has 1 rings (SSSR count). The Morgan fingerprint density at radius 1 is 1.13 bits per heavy atom. The Hall–Kier alpha value is -2.14. The second-order valence-electron chi connectivity index (χ2n) is 5.53. The van der Waals surface area contributed by atoms with Crippen LogP contribution in [0.3, 0.4) is 0 Å². The third-order valence-corrected chi connectivity index (χ3v) is 5.80. The maximum Gasteiger partial charge on any atom is 0.480 e. The minimum atomic E-state index is -6.72. The summed E-state index contributed by atoms with van der Waals surface area (Å²) in [5.74, 6) is -0.369. The first-order valence-corrected chi connectivity index (χ1v) is 11.1. The van der Waals surface area contributed by atoms with Gasteiger partial charge in [0.25, 0.3) is 0 Å². The van der Waals surface area contributed by atoms with Gasteiger partial charge in [-0.3, -0.25) is 0 Å². The van der Waals surface area contributed by atoms with Crippen molar-refractivity contribution in [3.05, 3.63) is 35.5 Å². The van der Waals surface area contributed by atoms with Gasteiger partial charge < -0.3 is 8.86 Å². The lowest BCUT2D eigenvalue weighted by molar-refractivity contribution is -0.696. The maximum absolute atomic E-state index is 11.4. The highest BCUT2D eigenvalue weighted by atomic mass is 32.3. The van der Waals surface area contributed by atoms with E-state index < -0.39 is 31.1 Å². The van der Waals surface area contributed by atoms with Crippen LogP contribution < -0.4 is 4.57 Å². The smallest absolute Gasteiger partial charge is 0.458 e. The monoisotopic (exact) mass is 503 g/mol. The van der Waals surface area contributed by atoms with Crippen molar-refractivity contribution in [3.8, 4) is 0 Å². The van der Waals surface area contributed by atoms with Crippen molar-refractivity contribution in [1.82, 2.24) is 4.57 Å². The fourth-order valence-corrected chi connectivity index (χ4v) is 3.28. The minimum Gasteiger partial charge on any atom is -0.458 e. The summed E-state index contributed by atoms with van der Waals surface area (Å²) in [5.41, 5.74) is -12.4. The van der Waals surface area contributed by atoms with Gasteiger partial charge in [0.1, 0.15) is 25.5 Å². The van der Waals surface area contributed by atoms with Gasteiger partial charge in [0.2, 0.25) is 6.33 Å². The first-order chi connectivity index (χ1) is 14.0. The lowest BCUT2D eigenvalue weighted by atomic mass is 10.3. The topological polar surface area (TPSA) is 117 Å². The zero-order valence-electron chi connectivity index (χ0n) is 15.9. The van der Waals surface area contributed by atoms with Crippen molar-refractivity contribution in [3.63, 3.8) is 0 Å². The number of alkyl halides is 6. The molecule has 0 bridgehead atoms. The van der Waals surface area contributed by atoms with Gasteiger partial charge in [0, 0.05) is 6.08 Å². The van der Waals surface area contributed by atoms with Crippen LogP contribution in [0.5, 0.6) is 0 Å². The first kappa shape index (κ1) is 28.9. The maximum atomic E-state index is 11.4. The number of carbonyl (C=O) groups excluding carboxylic acids is 1. The van der Waals surface area contributed by atoms with Crippen molar-refractivity contribution in [2.24, 2.45) is 0 Å². The highest BCUT2D eigenvalue weighted by Gasteiger charge is 2.46. The predicted molar refractivity (Wildman–Crippen MR) is 94.0 cm³/mol. The molecule has 1 heterocycles. The number of aromatic nitrogens is 2. The van der Waals surface area contributed by atoms with E-state index in [0.29, 0.717) is 13.2 Å². The third kappa shape index (κ3) is 10.1. The molecule has 9 nitrogen and oxygen atoms in total. The van der Waals surface area contributed by atoms with Gasteiger partial charge in [0.05, 0.1) is 6.54 Å². The van der Waals surface area contributed by atoms with E-state index in [2.05, 4.69) is 18.1 Å². The summed E-state index contributed by atoms with van der Waals surface area (Å²) in [6.07, 6.45) is 9.59.